The molecule has 0 atom stereocenters. The first-order valence-electron chi connectivity index (χ1n) is 9.38. The summed E-state index contributed by atoms with van der Waals surface area (Å²) in [6.45, 7) is 2.29. The summed E-state index contributed by atoms with van der Waals surface area (Å²) < 4.78 is 12.9. The van der Waals surface area contributed by atoms with Gasteiger partial charge in [-0.05, 0) is 76.7 Å². The maximum absolute atomic E-state index is 12.8. The Morgan fingerprint density at radius 1 is 1.23 bits per heavy atom. The van der Waals surface area contributed by atoms with Gasteiger partial charge in [-0.3, -0.25) is 19.3 Å². The van der Waals surface area contributed by atoms with Crippen molar-refractivity contribution in [2.24, 2.45) is 0 Å². The Bertz CT molecular complexity index is 1050. The lowest BCUT2D eigenvalue weighted by Crippen LogP contribution is -2.33. The van der Waals surface area contributed by atoms with Crippen molar-refractivity contribution < 1.29 is 23.9 Å². The molecule has 0 saturated carbocycles. The molecule has 1 heterocycles. The highest BCUT2D eigenvalue weighted by atomic mass is 127. The number of thioether (sulfide) groups is 1. The van der Waals surface area contributed by atoms with Gasteiger partial charge in [0.15, 0.2) is 17.3 Å². The number of amides is 2. The number of methoxy groups -OCH3 is 1. The summed E-state index contributed by atoms with van der Waals surface area (Å²) in [5.41, 5.74) is 1.14. The van der Waals surface area contributed by atoms with Crippen LogP contribution in [0.4, 0.5) is 4.79 Å². The molecule has 0 spiro atoms. The highest BCUT2D eigenvalue weighted by Gasteiger charge is 2.36. The van der Waals surface area contributed by atoms with Crippen LogP contribution in [0.15, 0.2) is 45.8 Å². The lowest BCUT2D eigenvalue weighted by molar-refractivity contribution is -0.122. The zero-order chi connectivity index (χ0) is 22.5. The van der Waals surface area contributed by atoms with Crippen LogP contribution in [0.3, 0.4) is 0 Å². The SMILES string of the molecule is CCCOc1c(I)cc(/C=C2\SC(=O)N(CC(=O)c3ccc(Br)cc3)C2=O)cc1OC. The van der Waals surface area contributed by atoms with E-state index in [2.05, 4.69) is 38.5 Å². The average Bonchev–Trinajstić information content (AvgIpc) is 3.00. The Kier molecular flexibility index (Phi) is 8.17. The van der Waals surface area contributed by atoms with E-state index in [0.717, 1.165) is 31.1 Å². The van der Waals surface area contributed by atoms with Gasteiger partial charge in [-0.25, -0.2) is 0 Å². The molecule has 31 heavy (non-hydrogen) atoms. The zero-order valence-electron chi connectivity index (χ0n) is 16.8. The van der Waals surface area contributed by atoms with Gasteiger partial charge in [0.1, 0.15) is 0 Å². The Morgan fingerprint density at radius 2 is 1.94 bits per heavy atom. The minimum atomic E-state index is -0.485. The molecule has 2 aromatic rings. The summed E-state index contributed by atoms with van der Waals surface area (Å²) in [4.78, 5) is 38.9. The van der Waals surface area contributed by atoms with Gasteiger partial charge in [-0.15, -0.1) is 0 Å². The summed E-state index contributed by atoms with van der Waals surface area (Å²) in [5, 5.41) is -0.466. The predicted molar refractivity (Wildman–Crippen MR) is 133 cm³/mol. The second kappa shape index (κ2) is 10.6. The predicted octanol–water partition coefficient (Wildman–Crippen LogP) is 5.77. The number of imide groups is 1. The number of carbonyl (C=O) groups excluding carboxylic acids is 3. The molecule has 0 radical (unpaired) electrons. The van der Waals surface area contributed by atoms with Gasteiger partial charge < -0.3 is 9.47 Å². The summed E-state index contributed by atoms with van der Waals surface area (Å²) in [5.74, 6) is 0.414. The third-order valence-electron chi connectivity index (χ3n) is 4.34. The Labute approximate surface area is 206 Å². The van der Waals surface area contributed by atoms with E-state index in [1.165, 1.54) is 0 Å². The first kappa shape index (κ1) is 23.8. The smallest absolute Gasteiger partial charge is 0.293 e. The lowest BCUT2D eigenvalue weighted by atomic mass is 10.1. The molecule has 2 aromatic carbocycles. The van der Waals surface area contributed by atoms with E-state index in [0.29, 0.717) is 29.2 Å². The molecule has 0 aromatic heterocycles. The van der Waals surface area contributed by atoms with E-state index in [9.17, 15) is 14.4 Å². The molecule has 6 nitrogen and oxygen atoms in total. The van der Waals surface area contributed by atoms with Crippen molar-refractivity contribution in [1.82, 2.24) is 4.90 Å². The largest absolute Gasteiger partial charge is 0.493 e. The van der Waals surface area contributed by atoms with E-state index < -0.39 is 11.1 Å². The average molecular weight is 616 g/mol. The van der Waals surface area contributed by atoms with Crippen molar-refractivity contribution in [3.8, 4) is 11.5 Å². The molecule has 9 heteroatoms. The van der Waals surface area contributed by atoms with Crippen LogP contribution < -0.4 is 9.47 Å². The Balaban J connectivity index is 1.80. The van der Waals surface area contributed by atoms with E-state index in [-0.39, 0.29) is 17.2 Å². The van der Waals surface area contributed by atoms with Crippen LogP contribution >= 0.6 is 50.3 Å². The molecule has 0 aliphatic carbocycles. The highest BCUT2D eigenvalue weighted by molar-refractivity contribution is 14.1. The molecule has 1 aliphatic heterocycles. The number of Topliss-reactive ketones (excluding diaryl/α,β-unsaturated/α-hetero) is 1. The number of hydrogen-bond donors (Lipinski definition) is 0. The van der Waals surface area contributed by atoms with Crippen molar-refractivity contribution in [1.29, 1.82) is 0 Å². The fraction of sp³-hybridized carbons (Fsp3) is 0.227. The molecule has 1 fully saturated rings. The van der Waals surface area contributed by atoms with Gasteiger partial charge in [-0.1, -0.05) is 35.0 Å². The van der Waals surface area contributed by atoms with Crippen molar-refractivity contribution in [3.05, 3.63) is 60.5 Å². The molecule has 0 N–H and O–H groups in total. The van der Waals surface area contributed by atoms with E-state index in [1.807, 2.05) is 13.0 Å². The number of halogens is 2. The number of rotatable bonds is 8. The van der Waals surface area contributed by atoms with Gasteiger partial charge in [0.05, 0.1) is 28.7 Å². The second-order valence-corrected chi connectivity index (χ2v) is 9.65. The minimum Gasteiger partial charge on any atom is -0.493 e. The highest BCUT2D eigenvalue weighted by Crippen LogP contribution is 2.37. The van der Waals surface area contributed by atoms with Crippen LogP contribution in [0.25, 0.3) is 6.08 Å². The van der Waals surface area contributed by atoms with E-state index in [1.54, 1.807) is 43.5 Å². The third kappa shape index (κ3) is 5.69. The maximum Gasteiger partial charge on any atom is 0.293 e. The fourth-order valence-electron chi connectivity index (χ4n) is 2.83. The van der Waals surface area contributed by atoms with Crippen LogP contribution in [0, 0.1) is 3.57 Å². The molecule has 1 aliphatic rings. The lowest BCUT2D eigenvalue weighted by Gasteiger charge is -2.13. The van der Waals surface area contributed by atoms with Gasteiger partial charge in [-0.2, -0.15) is 0 Å². The standard InChI is InChI=1S/C22H19BrINO5S/c1-3-8-30-20-16(24)9-13(10-18(20)29-2)11-19-21(27)25(22(28)31-19)12-17(26)14-4-6-15(23)7-5-14/h4-7,9-11H,3,8,12H2,1-2H3/b19-11-. The molecule has 162 valence electrons. The van der Waals surface area contributed by atoms with Crippen LogP contribution in [-0.4, -0.2) is 42.1 Å². The quantitative estimate of drug-likeness (QED) is 0.213. The van der Waals surface area contributed by atoms with Crippen molar-refractivity contribution in [2.75, 3.05) is 20.3 Å². The fourth-order valence-corrected chi connectivity index (χ4v) is 4.71. The molecule has 1 saturated heterocycles. The summed E-state index contributed by atoms with van der Waals surface area (Å²) in [6, 6.07) is 10.4. The van der Waals surface area contributed by atoms with Gasteiger partial charge in [0.2, 0.25) is 0 Å². The van der Waals surface area contributed by atoms with Gasteiger partial charge in [0.25, 0.3) is 11.1 Å². The van der Waals surface area contributed by atoms with Crippen molar-refractivity contribution >= 4 is 73.3 Å². The van der Waals surface area contributed by atoms with Gasteiger partial charge >= 0.3 is 0 Å². The van der Waals surface area contributed by atoms with Gasteiger partial charge in [0, 0.05) is 10.0 Å². The van der Waals surface area contributed by atoms with Crippen LogP contribution in [0.2, 0.25) is 0 Å². The van der Waals surface area contributed by atoms with Crippen molar-refractivity contribution in [2.45, 2.75) is 13.3 Å². The third-order valence-corrected chi connectivity index (χ3v) is 6.58. The number of ether oxygens (including phenoxy) is 2. The number of ketones is 1. The Hall–Kier alpha value is -1.85. The molecule has 0 unspecified atom stereocenters. The number of hydrogen-bond acceptors (Lipinski definition) is 6. The first-order valence-corrected chi connectivity index (χ1v) is 12.1. The molecule has 0 bridgehead atoms. The monoisotopic (exact) mass is 615 g/mol. The van der Waals surface area contributed by atoms with E-state index in [4.69, 9.17) is 9.47 Å². The second-order valence-electron chi connectivity index (χ2n) is 6.58. The Morgan fingerprint density at radius 3 is 2.58 bits per heavy atom. The summed E-state index contributed by atoms with van der Waals surface area (Å²) in [7, 11) is 1.55. The number of nitrogens with zero attached hydrogens (tertiary/aromatic N) is 1. The van der Waals surface area contributed by atoms with Crippen LogP contribution in [0.5, 0.6) is 11.5 Å². The van der Waals surface area contributed by atoms with E-state index >= 15 is 0 Å². The van der Waals surface area contributed by atoms with Crippen LogP contribution in [0.1, 0.15) is 29.3 Å². The molecule has 2 amide bonds. The number of benzene rings is 2. The summed E-state index contributed by atoms with van der Waals surface area (Å²) in [6.07, 6.45) is 2.50. The summed E-state index contributed by atoms with van der Waals surface area (Å²) >= 11 is 6.28. The molecule has 3 rings (SSSR count). The van der Waals surface area contributed by atoms with Crippen LogP contribution in [-0.2, 0) is 4.79 Å². The molecular formula is C22H19BrINO5S. The van der Waals surface area contributed by atoms with Crippen molar-refractivity contribution in [3.63, 3.8) is 0 Å². The molecular weight excluding hydrogens is 597 g/mol. The number of carbonyl (C=O) groups is 3. The first-order chi connectivity index (χ1) is 14.8. The topological polar surface area (TPSA) is 72.9 Å². The normalized spacial score (nSPS) is 15.0. The zero-order valence-corrected chi connectivity index (χ0v) is 21.4. The maximum atomic E-state index is 12.8. The minimum absolute atomic E-state index is 0.258.